The van der Waals surface area contributed by atoms with Crippen LogP contribution in [-0.4, -0.2) is 32.5 Å². The van der Waals surface area contributed by atoms with Crippen LogP contribution in [0, 0.1) is 11.8 Å². The van der Waals surface area contributed by atoms with Crippen LogP contribution in [0.25, 0.3) is 0 Å². The summed E-state index contributed by atoms with van der Waals surface area (Å²) in [4.78, 5) is 25.6. The number of ether oxygens (including phenoxy) is 2. The number of carbonyl (C=O) groups is 2. The minimum absolute atomic E-state index is 0.262. The van der Waals surface area contributed by atoms with Crippen LogP contribution in [0.5, 0.6) is 0 Å². The van der Waals surface area contributed by atoms with Gasteiger partial charge in [-0.25, -0.2) is 0 Å². The molecule has 4 nitrogen and oxygen atoms in total. The molecule has 0 heterocycles. The van der Waals surface area contributed by atoms with E-state index in [1.165, 1.54) is 0 Å². The first-order valence-electron chi connectivity index (χ1n) is 9.14. The van der Waals surface area contributed by atoms with Crippen LogP contribution in [0.1, 0.15) is 67.2 Å². The number of unbranched alkanes of at least 4 members (excludes halogenated alkanes) is 2. The van der Waals surface area contributed by atoms with E-state index < -0.39 is 8.07 Å². The van der Waals surface area contributed by atoms with Crippen LogP contribution in [0.4, 0.5) is 9.59 Å². The predicted molar refractivity (Wildman–Crippen MR) is 97.6 cm³/mol. The van der Waals surface area contributed by atoms with E-state index >= 15 is 0 Å². The van der Waals surface area contributed by atoms with Gasteiger partial charge >= 0.3 is 8.07 Å². The van der Waals surface area contributed by atoms with Crippen LogP contribution in [0.3, 0.4) is 0 Å². The largest absolute Gasteiger partial charge is 0.469 e. The fourth-order valence-electron chi connectivity index (χ4n) is 2.33. The molecule has 0 saturated carbocycles. The summed E-state index contributed by atoms with van der Waals surface area (Å²) >= 11 is 0. The maximum Gasteiger partial charge on any atom is 0.311 e. The molecule has 136 valence electrons. The molecule has 0 amide bonds. The van der Waals surface area contributed by atoms with Crippen LogP contribution in [0.15, 0.2) is 0 Å². The van der Waals surface area contributed by atoms with Crippen molar-refractivity contribution in [3.8, 4) is 0 Å². The maximum absolute atomic E-state index is 12.8. The van der Waals surface area contributed by atoms with Gasteiger partial charge in [0.05, 0.1) is 13.2 Å². The van der Waals surface area contributed by atoms with Crippen LogP contribution in [-0.2, 0) is 9.47 Å². The van der Waals surface area contributed by atoms with Gasteiger partial charge in [-0.1, -0.05) is 67.2 Å². The lowest BCUT2D eigenvalue weighted by Crippen LogP contribution is -2.53. The third-order valence-electron chi connectivity index (χ3n) is 3.79. The normalized spacial score (nSPS) is 11.8. The highest BCUT2D eigenvalue weighted by molar-refractivity contribution is 7.23. The summed E-state index contributed by atoms with van der Waals surface area (Å²) in [5, 5.41) is 0. The lowest BCUT2D eigenvalue weighted by molar-refractivity contribution is 0.145. The molecule has 0 spiro atoms. The van der Waals surface area contributed by atoms with Gasteiger partial charge in [-0.15, -0.1) is 0 Å². The van der Waals surface area contributed by atoms with E-state index in [0.29, 0.717) is 25.3 Å². The predicted octanol–water partition coefficient (Wildman–Crippen LogP) is 5.78. The average molecular weight is 345 g/mol. The zero-order valence-corrected chi connectivity index (χ0v) is 16.9. The third-order valence-corrected chi connectivity index (χ3v) is 8.06. The summed E-state index contributed by atoms with van der Waals surface area (Å²) in [5.41, 5.74) is -0.524. The van der Waals surface area contributed by atoms with Gasteiger partial charge < -0.3 is 9.47 Å². The molecule has 0 aliphatic rings. The molecule has 0 atom stereocenters. The summed E-state index contributed by atoms with van der Waals surface area (Å²) < 4.78 is 11.0. The first-order chi connectivity index (χ1) is 10.8. The van der Waals surface area contributed by atoms with Crippen molar-refractivity contribution in [2.45, 2.75) is 79.3 Å². The Morgan fingerprint density at radius 1 is 0.783 bits per heavy atom. The van der Waals surface area contributed by atoms with Gasteiger partial charge in [-0.05, 0) is 23.9 Å². The number of hydrogen-bond donors (Lipinski definition) is 0. The van der Waals surface area contributed by atoms with E-state index in [9.17, 15) is 9.59 Å². The number of carbonyl (C=O) groups excluding carboxylic acids is 2. The van der Waals surface area contributed by atoms with Crippen molar-refractivity contribution in [1.29, 1.82) is 0 Å². The molecule has 5 heteroatoms. The van der Waals surface area contributed by atoms with Crippen molar-refractivity contribution >= 4 is 19.3 Å². The van der Waals surface area contributed by atoms with Gasteiger partial charge in [0.2, 0.25) is 0 Å². The lowest BCUT2D eigenvalue weighted by atomic mass is 10.2. The highest BCUT2D eigenvalue weighted by Crippen LogP contribution is 2.27. The number of rotatable bonds is 12. The fourth-order valence-corrected chi connectivity index (χ4v) is 6.20. The Morgan fingerprint density at radius 2 is 1.13 bits per heavy atom. The maximum atomic E-state index is 12.8. The lowest BCUT2D eigenvalue weighted by Gasteiger charge is -2.27. The van der Waals surface area contributed by atoms with E-state index in [2.05, 4.69) is 13.8 Å². The molecule has 0 aliphatic carbocycles. The number of hydrogen-bond acceptors (Lipinski definition) is 4. The molecular weight excluding hydrogens is 308 g/mol. The Hall–Kier alpha value is -0.843. The monoisotopic (exact) mass is 344 g/mol. The zero-order valence-electron chi connectivity index (χ0n) is 15.9. The van der Waals surface area contributed by atoms with Gasteiger partial charge in [-0.3, -0.25) is 9.59 Å². The molecule has 23 heavy (non-hydrogen) atoms. The molecule has 0 N–H and O–H groups in total. The van der Waals surface area contributed by atoms with Crippen molar-refractivity contribution in [1.82, 2.24) is 0 Å². The van der Waals surface area contributed by atoms with E-state index in [-0.39, 0.29) is 23.0 Å². The fraction of sp³-hybridized carbons (Fsp3) is 0.889. The summed E-state index contributed by atoms with van der Waals surface area (Å²) in [6.07, 6.45) is 3.69. The zero-order chi connectivity index (χ0) is 17.9. The highest BCUT2D eigenvalue weighted by atomic mass is 28.3. The molecule has 0 radical (unpaired) electrons. The molecule has 0 bridgehead atoms. The Kier molecular flexibility index (Phi) is 11.2. The minimum atomic E-state index is -2.90. The molecule has 0 saturated heterocycles. The van der Waals surface area contributed by atoms with Gasteiger partial charge in [0.25, 0.3) is 11.2 Å². The second-order valence-electron chi connectivity index (χ2n) is 7.27. The first-order valence-corrected chi connectivity index (χ1v) is 11.6. The quantitative estimate of drug-likeness (QED) is 0.421. The Labute approximate surface area is 143 Å². The summed E-state index contributed by atoms with van der Waals surface area (Å²) in [6, 6.07) is 1.30. The SMILES string of the molecule is CCCC[Si](CCCC)(C(=O)OCC(C)C)C(=O)OCC(C)C. The van der Waals surface area contributed by atoms with E-state index in [1.54, 1.807) is 0 Å². The Morgan fingerprint density at radius 3 is 1.39 bits per heavy atom. The molecule has 0 aromatic heterocycles. The molecular formula is C18H36O4Si. The van der Waals surface area contributed by atoms with E-state index in [0.717, 1.165) is 25.7 Å². The Balaban J connectivity index is 5.28. The minimum Gasteiger partial charge on any atom is -0.469 e. The summed E-state index contributed by atoms with van der Waals surface area (Å²) in [7, 11) is -2.90. The van der Waals surface area contributed by atoms with Crippen molar-refractivity contribution in [2.75, 3.05) is 13.2 Å². The topological polar surface area (TPSA) is 52.6 Å². The second kappa shape index (κ2) is 11.7. The third kappa shape index (κ3) is 8.00. The van der Waals surface area contributed by atoms with Gasteiger partial charge in [0.1, 0.15) is 0 Å². The molecule has 0 unspecified atom stereocenters. The summed E-state index contributed by atoms with van der Waals surface area (Å²) in [5.74, 6) is 0.546. The summed E-state index contributed by atoms with van der Waals surface area (Å²) in [6.45, 7) is 12.9. The van der Waals surface area contributed by atoms with Crippen molar-refractivity contribution in [3.63, 3.8) is 0 Å². The van der Waals surface area contributed by atoms with Gasteiger partial charge in [0.15, 0.2) is 0 Å². The smallest absolute Gasteiger partial charge is 0.311 e. The molecule has 0 fully saturated rings. The second-order valence-corrected chi connectivity index (χ2v) is 11.3. The van der Waals surface area contributed by atoms with E-state index in [4.69, 9.17) is 9.47 Å². The van der Waals surface area contributed by atoms with E-state index in [1.807, 2.05) is 27.7 Å². The van der Waals surface area contributed by atoms with Crippen molar-refractivity contribution in [2.24, 2.45) is 11.8 Å². The Bertz CT molecular complexity index is 319. The van der Waals surface area contributed by atoms with Crippen LogP contribution >= 0.6 is 0 Å². The van der Waals surface area contributed by atoms with Crippen molar-refractivity contribution in [3.05, 3.63) is 0 Å². The standard InChI is InChI=1S/C18H36O4Si/c1-7-9-11-23(12-10-8-2,17(19)21-13-15(3)4)18(20)22-14-16(5)6/h15-16H,7-14H2,1-6H3. The van der Waals surface area contributed by atoms with Gasteiger partial charge in [-0.2, -0.15) is 0 Å². The highest BCUT2D eigenvalue weighted by Gasteiger charge is 2.51. The molecule has 0 aromatic carbocycles. The van der Waals surface area contributed by atoms with Crippen LogP contribution < -0.4 is 0 Å². The van der Waals surface area contributed by atoms with Crippen molar-refractivity contribution < 1.29 is 19.1 Å². The molecule has 0 aromatic rings. The average Bonchev–Trinajstić information content (AvgIpc) is 2.50. The molecule has 0 aliphatic heterocycles. The molecule has 0 rings (SSSR count). The first kappa shape index (κ1) is 22.2. The van der Waals surface area contributed by atoms with Gasteiger partial charge in [0, 0.05) is 0 Å². The van der Waals surface area contributed by atoms with Crippen LogP contribution in [0.2, 0.25) is 12.1 Å².